The molecule has 0 aromatic carbocycles. The maximum Gasteiger partial charge on any atom is 0.143 e. The average Bonchev–Trinajstić information content (AvgIpc) is 2.98. The minimum atomic E-state index is 0.0790. The van der Waals surface area contributed by atoms with E-state index in [2.05, 4.69) is 11.1 Å². The molecular weight excluding hydrogens is 290 g/mol. The van der Waals surface area contributed by atoms with E-state index in [4.69, 9.17) is 11.0 Å². The fourth-order valence-electron chi connectivity index (χ4n) is 1.67. The van der Waals surface area contributed by atoms with Gasteiger partial charge in [0.2, 0.25) is 0 Å². The van der Waals surface area contributed by atoms with Gasteiger partial charge in [-0.3, -0.25) is 0 Å². The number of thioether (sulfide) groups is 1. The van der Waals surface area contributed by atoms with E-state index in [0.717, 1.165) is 16.6 Å². The van der Waals surface area contributed by atoms with Gasteiger partial charge in [0, 0.05) is 10.4 Å². The molecular formula is C13H7N5S2. The van der Waals surface area contributed by atoms with Gasteiger partial charge in [-0.2, -0.15) is 15.8 Å². The van der Waals surface area contributed by atoms with Crippen LogP contribution < -0.4 is 5.73 Å². The Morgan fingerprint density at radius 2 is 2.00 bits per heavy atom. The van der Waals surface area contributed by atoms with Gasteiger partial charge in [0.15, 0.2) is 0 Å². The maximum absolute atomic E-state index is 9.38. The Bertz CT molecular complexity index is 760. The molecule has 0 bridgehead atoms. The minimum absolute atomic E-state index is 0.0790. The van der Waals surface area contributed by atoms with E-state index in [9.17, 15) is 10.5 Å². The molecule has 2 aromatic rings. The maximum atomic E-state index is 9.38. The summed E-state index contributed by atoms with van der Waals surface area (Å²) in [5, 5.41) is 29.5. The summed E-state index contributed by atoms with van der Waals surface area (Å²) in [6, 6.07) is 9.71. The largest absolute Gasteiger partial charge is 0.383 e. The van der Waals surface area contributed by atoms with Crippen molar-refractivity contribution in [3.8, 4) is 28.6 Å². The first-order valence-electron chi connectivity index (χ1n) is 5.40. The molecule has 7 heteroatoms. The summed E-state index contributed by atoms with van der Waals surface area (Å²) in [6.45, 7) is 0. The molecule has 0 saturated heterocycles. The van der Waals surface area contributed by atoms with E-state index >= 15 is 0 Å². The van der Waals surface area contributed by atoms with Crippen molar-refractivity contribution in [2.45, 2.75) is 5.03 Å². The van der Waals surface area contributed by atoms with Crippen molar-refractivity contribution in [1.82, 2.24) is 4.98 Å². The number of rotatable bonds is 3. The predicted molar refractivity (Wildman–Crippen MR) is 77.7 cm³/mol. The van der Waals surface area contributed by atoms with Crippen molar-refractivity contribution in [3.63, 3.8) is 0 Å². The Hall–Kier alpha value is -2.53. The van der Waals surface area contributed by atoms with Gasteiger partial charge in [-0.25, -0.2) is 4.98 Å². The summed E-state index contributed by atoms with van der Waals surface area (Å²) >= 11 is 2.55. The summed E-state index contributed by atoms with van der Waals surface area (Å²) in [4.78, 5) is 4.86. The highest BCUT2D eigenvalue weighted by molar-refractivity contribution is 7.99. The third kappa shape index (κ3) is 2.44. The molecule has 0 amide bonds. The highest BCUT2D eigenvalue weighted by Gasteiger charge is 2.20. The van der Waals surface area contributed by atoms with Crippen LogP contribution in [0.2, 0.25) is 0 Å². The summed E-state index contributed by atoms with van der Waals surface area (Å²) in [7, 11) is 0. The first-order valence-corrected chi connectivity index (χ1v) is 7.26. The third-order valence-corrected chi connectivity index (χ3v) is 4.19. The van der Waals surface area contributed by atoms with Crippen molar-refractivity contribution in [2.24, 2.45) is 0 Å². The van der Waals surface area contributed by atoms with Crippen molar-refractivity contribution in [2.75, 3.05) is 11.5 Å². The Kier molecular flexibility index (Phi) is 4.22. The molecule has 96 valence electrons. The molecule has 5 nitrogen and oxygen atoms in total. The molecule has 2 heterocycles. The quantitative estimate of drug-likeness (QED) is 0.872. The number of nitrogens with zero attached hydrogens (tertiary/aromatic N) is 4. The number of hydrogen-bond donors (Lipinski definition) is 1. The smallest absolute Gasteiger partial charge is 0.143 e. The second-order valence-corrected chi connectivity index (χ2v) is 5.49. The van der Waals surface area contributed by atoms with Crippen LogP contribution in [0.3, 0.4) is 0 Å². The molecule has 0 atom stereocenters. The monoisotopic (exact) mass is 297 g/mol. The van der Waals surface area contributed by atoms with E-state index < -0.39 is 0 Å². The standard InChI is InChI=1S/C13H7N5S2/c14-3-5-20-13-9(7-16)11(10-2-1-4-19-10)8(6-15)12(17)18-13/h1-2,4H,5H2,(H2,17,18). The van der Waals surface area contributed by atoms with E-state index in [0.29, 0.717) is 16.2 Å². The second kappa shape index (κ2) is 6.08. The van der Waals surface area contributed by atoms with Crippen LogP contribution in [-0.2, 0) is 0 Å². The molecule has 0 radical (unpaired) electrons. The molecule has 0 unspecified atom stereocenters. The lowest BCUT2D eigenvalue weighted by molar-refractivity contribution is 1.12. The molecule has 2 rings (SSSR count). The van der Waals surface area contributed by atoms with Crippen molar-refractivity contribution >= 4 is 28.9 Å². The third-order valence-electron chi connectivity index (χ3n) is 2.46. The fourth-order valence-corrected chi connectivity index (χ4v) is 3.11. The summed E-state index contributed by atoms with van der Waals surface area (Å²) in [5.41, 5.74) is 6.79. The number of hydrogen-bond acceptors (Lipinski definition) is 7. The van der Waals surface area contributed by atoms with Crippen molar-refractivity contribution in [1.29, 1.82) is 15.8 Å². The zero-order valence-electron chi connectivity index (χ0n) is 10.1. The van der Waals surface area contributed by atoms with Crippen LogP contribution in [0.15, 0.2) is 22.5 Å². The summed E-state index contributed by atoms with van der Waals surface area (Å²) in [6.07, 6.45) is 0. The Labute approximate surface area is 123 Å². The number of aromatic nitrogens is 1. The molecule has 2 aromatic heterocycles. The lowest BCUT2D eigenvalue weighted by Crippen LogP contribution is -2.02. The van der Waals surface area contributed by atoms with Gasteiger partial charge in [-0.15, -0.1) is 11.3 Å². The number of anilines is 1. The van der Waals surface area contributed by atoms with Gasteiger partial charge in [0.25, 0.3) is 0 Å². The topological polar surface area (TPSA) is 110 Å². The van der Waals surface area contributed by atoms with Gasteiger partial charge in [-0.05, 0) is 11.4 Å². The van der Waals surface area contributed by atoms with Crippen LogP contribution in [0, 0.1) is 34.0 Å². The molecule has 0 spiro atoms. The van der Waals surface area contributed by atoms with Crippen LogP contribution >= 0.6 is 23.1 Å². The summed E-state index contributed by atoms with van der Waals surface area (Å²) in [5.74, 6) is 0.243. The van der Waals surface area contributed by atoms with Gasteiger partial charge in [0.05, 0.1) is 17.4 Å². The van der Waals surface area contributed by atoms with Gasteiger partial charge in [0.1, 0.15) is 28.5 Å². The van der Waals surface area contributed by atoms with E-state index in [1.54, 1.807) is 0 Å². The zero-order chi connectivity index (χ0) is 14.5. The van der Waals surface area contributed by atoms with Crippen LogP contribution in [0.4, 0.5) is 5.82 Å². The van der Waals surface area contributed by atoms with Crippen LogP contribution in [0.1, 0.15) is 11.1 Å². The molecule has 0 aliphatic heterocycles. The Balaban J connectivity index is 2.76. The van der Waals surface area contributed by atoms with Crippen molar-refractivity contribution in [3.05, 3.63) is 28.6 Å². The lowest BCUT2D eigenvalue weighted by Gasteiger charge is -2.10. The highest BCUT2D eigenvalue weighted by Crippen LogP contribution is 2.37. The number of pyridine rings is 1. The normalized spacial score (nSPS) is 9.45. The van der Waals surface area contributed by atoms with Crippen LogP contribution in [-0.4, -0.2) is 10.7 Å². The fraction of sp³-hybridized carbons (Fsp3) is 0.0769. The molecule has 0 saturated carbocycles. The second-order valence-electron chi connectivity index (χ2n) is 3.57. The first-order chi connectivity index (χ1) is 9.72. The number of nitrogen functional groups attached to an aromatic ring is 1. The van der Waals surface area contributed by atoms with E-state index in [1.165, 1.54) is 11.3 Å². The van der Waals surface area contributed by atoms with E-state index in [-0.39, 0.29) is 17.1 Å². The minimum Gasteiger partial charge on any atom is -0.383 e. The predicted octanol–water partition coefficient (Wildman–Crippen LogP) is 2.75. The number of nitrogens with two attached hydrogens (primary N) is 1. The Morgan fingerprint density at radius 3 is 2.55 bits per heavy atom. The molecule has 2 N–H and O–H groups in total. The lowest BCUT2D eigenvalue weighted by atomic mass is 10.0. The molecule has 0 aliphatic rings. The van der Waals surface area contributed by atoms with E-state index in [1.807, 2.05) is 29.7 Å². The van der Waals surface area contributed by atoms with Gasteiger partial charge >= 0.3 is 0 Å². The van der Waals surface area contributed by atoms with Crippen molar-refractivity contribution < 1.29 is 0 Å². The average molecular weight is 297 g/mol. The van der Waals surface area contributed by atoms with Gasteiger partial charge < -0.3 is 5.73 Å². The molecule has 20 heavy (non-hydrogen) atoms. The SMILES string of the molecule is N#CCSc1nc(N)c(C#N)c(-c2cccs2)c1C#N. The van der Waals surface area contributed by atoms with Crippen LogP contribution in [0.5, 0.6) is 0 Å². The zero-order valence-corrected chi connectivity index (χ0v) is 11.8. The molecule has 0 aliphatic carbocycles. The van der Waals surface area contributed by atoms with Gasteiger partial charge in [-0.1, -0.05) is 17.8 Å². The Morgan fingerprint density at radius 1 is 1.25 bits per heavy atom. The highest BCUT2D eigenvalue weighted by atomic mass is 32.2. The van der Waals surface area contributed by atoms with Crippen LogP contribution in [0.25, 0.3) is 10.4 Å². The molecule has 0 fully saturated rings. The summed E-state index contributed by atoms with van der Waals surface area (Å²) < 4.78 is 0. The number of thiophene rings is 1. The first kappa shape index (κ1) is 13.9. The number of nitriles is 3.